The Hall–Kier alpha value is -3.23. The number of anilines is 1. The Bertz CT molecular complexity index is 906. The number of halogens is 4. The summed E-state index contributed by atoms with van der Waals surface area (Å²) in [6, 6.07) is 8.34. The Labute approximate surface area is 145 Å². The summed E-state index contributed by atoms with van der Waals surface area (Å²) in [6.45, 7) is 0. The quantitative estimate of drug-likeness (QED) is 0.720. The fourth-order valence-electron chi connectivity index (χ4n) is 2.31. The molecule has 0 unspecified atom stereocenters. The second-order valence-electron chi connectivity index (χ2n) is 5.43. The van der Waals surface area contributed by atoms with Crippen molar-refractivity contribution in [3.8, 4) is 5.69 Å². The van der Waals surface area contributed by atoms with Crippen molar-refractivity contribution >= 4 is 11.6 Å². The zero-order chi connectivity index (χ0) is 18.7. The SMILES string of the molecule is O=C(Cc1ccc(C(F)(F)F)cc1)Nc1ccc(-n2cncn2)c(F)c1. The van der Waals surface area contributed by atoms with Crippen molar-refractivity contribution in [1.82, 2.24) is 14.8 Å². The Morgan fingerprint density at radius 3 is 2.42 bits per heavy atom. The number of nitrogens with one attached hydrogen (secondary N) is 1. The summed E-state index contributed by atoms with van der Waals surface area (Å²) in [7, 11) is 0. The fraction of sp³-hybridized carbons (Fsp3) is 0.118. The average Bonchev–Trinajstić information content (AvgIpc) is 3.08. The van der Waals surface area contributed by atoms with Crippen molar-refractivity contribution in [3.05, 3.63) is 72.1 Å². The van der Waals surface area contributed by atoms with Crippen LogP contribution < -0.4 is 5.32 Å². The maximum Gasteiger partial charge on any atom is 0.416 e. The minimum absolute atomic E-state index is 0.134. The number of rotatable bonds is 4. The molecule has 1 heterocycles. The molecule has 0 fully saturated rings. The molecular weight excluding hydrogens is 352 g/mol. The molecule has 2 aromatic carbocycles. The predicted molar refractivity (Wildman–Crippen MR) is 85.1 cm³/mol. The maximum atomic E-state index is 14.1. The fourth-order valence-corrected chi connectivity index (χ4v) is 2.31. The molecule has 0 aliphatic rings. The third-order valence-electron chi connectivity index (χ3n) is 3.54. The first kappa shape index (κ1) is 17.6. The molecule has 0 bridgehead atoms. The van der Waals surface area contributed by atoms with Gasteiger partial charge in [-0.15, -0.1) is 0 Å². The van der Waals surface area contributed by atoms with Crippen LogP contribution in [-0.4, -0.2) is 20.7 Å². The number of nitrogens with zero attached hydrogens (tertiary/aromatic N) is 3. The highest BCUT2D eigenvalue weighted by Gasteiger charge is 2.29. The molecule has 5 nitrogen and oxygen atoms in total. The molecule has 1 N–H and O–H groups in total. The minimum atomic E-state index is -4.43. The van der Waals surface area contributed by atoms with Crippen LogP contribution in [0, 0.1) is 5.82 Å². The van der Waals surface area contributed by atoms with Gasteiger partial charge in [0.15, 0.2) is 5.82 Å². The van der Waals surface area contributed by atoms with Crippen molar-refractivity contribution in [2.75, 3.05) is 5.32 Å². The number of amides is 1. The molecule has 0 radical (unpaired) electrons. The van der Waals surface area contributed by atoms with Crippen LogP contribution in [0.5, 0.6) is 0 Å². The first-order chi connectivity index (χ1) is 12.3. The lowest BCUT2D eigenvalue weighted by atomic mass is 10.1. The van der Waals surface area contributed by atoms with Gasteiger partial charge < -0.3 is 5.32 Å². The number of benzene rings is 2. The Morgan fingerprint density at radius 1 is 1.12 bits per heavy atom. The van der Waals surface area contributed by atoms with E-state index in [2.05, 4.69) is 15.4 Å². The van der Waals surface area contributed by atoms with Gasteiger partial charge in [-0.2, -0.15) is 18.3 Å². The third kappa shape index (κ3) is 4.05. The summed E-state index contributed by atoms with van der Waals surface area (Å²) >= 11 is 0. The molecule has 134 valence electrons. The predicted octanol–water partition coefficient (Wildman–Crippen LogP) is 3.61. The van der Waals surface area contributed by atoms with E-state index in [1.54, 1.807) is 0 Å². The van der Waals surface area contributed by atoms with E-state index in [-0.39, 0.29) is 17.8 Å². The van der Waals surface area contributed by atoms with E-state index in [4.69, 9.17) is 0 Å². The van der Waals surface area contributed by atoms with E-state index < -0.39 is 23.5 Å². The number of hydrogen-bond acceptors (Lipinski definition) is 3. The molecule has 0 aliphatic heterocycles. The van der Waals surface area contributed by atoms with E-state index >= 15 is 0 Å². The molecule has 3 aromatic rings. The summed E-state index contributed by atoms with van der Waals surface area (Å²) in [5.41, 5.74) is 0.0224. The third-order valence-corrected chi connectivity index (χ3v) is 3.54. The summed E-state index contributed by atoms with van der Waals surface area (Å²) in [5, 5.41) is 6.32. The Balaban J connectivity index is 1.66. The molecule has 0 atom stereocenters. The summed E-state index contributed by atoms with van der Waals surface area (Å²) in [6.07, 6.45) is -1.96. The molecular formula is C17H12F4N4O. The van der Waals surface area contributed by atoms with Crippen molar-refractivity contribution in [3.63, 3.8) is 0 Å². The smallest absolute Gasteiger partial charge is 0.326 e. The zero-order valence-electron chi connectivity index (χ0n) is 13.2. The lowest BCUT2D eigenvalue weighted by Crippen LogP contribution is -2.15. The van der Waals surface area contributed by atoms with Gasteiger partial charge in [0.05, 0.1) is 12.0 Å². The first-order valence-corrected chi connectivity index (χ1v) is 7.43. The van der Waals surface area contributed by atoms with E-state index in [9.17, 15) is 22.4 Å². The van der Waals surface area contributed by atoms with E-state index in [0.29, 0.717) is 5.56 Å². The Morgan fingerprint density at radius 2 is 1.85 bits per heavy atom. The molecule has 0 aliphatic carbocycles. The minimum Gasteiger partial charge on any atom is -0.326 e. The number of hydrogen-bond donors (Lipinski definition) is 1. The van der Waals surface area contributed by atoms with Crippen LogP contribution in [0.15, 0.2) is 55.1 Å². The standard InChI is InChI=1S/C17H12F4N4O/c18-14-8-13(5-6-15(14)25-10-22-9-23-25)24-16(26)7-11-1-3-12(4-2-11)17(19,20)21/h1-6,8-10H,7H2,(H,24,26). The van der Waals surface area contributed by atoms with Gasteiger partial charge >= 0.3 is 6.18 Å². The molecule has 1 amide bonds. The van der Waals surface area contributed by atoms with Gasteiger partial charge in [0, 0.05) is 5.69 Å². The molecule has 0 saturated carbocycles. The largest absolute Gasteiger partial charge is 0.416 e. The van der Waals surface area contributed by atoms with Crippen molar-refractivity contribution in [2.45, 2.75) is 12.6 Å². The summed E-state index contributed by atoms with van der Waals surface area (Å²) < 4.78 is 52.9. The molecule has 9 heteroatoms. The first-order valence-electron chi connectivity index (χ1n) is 7.43. The molecule has 0 saturated heterocycles. The van der Waals surface area contributed by atoms with Crippen LogP contribution >= 0.6 is 0 Å². The van der Waals surface area contributed by atoms with E-state index in [1.807, 2.05) is 0 Å². The number of aromatic nitrogens is 3. The van der Waals surface area contributed by atoms with Gasteiger partial charge in [-0.3, -0.25) is 4.79 Å². The molecule has 1 aromatic heterocycles. The molecule has 26 heavy (non-hydrogen) atoms. The lowest BCUT2D eigenvalue weighted by Gasteiger charge is -2.09. The van der Waals surface area contributed by atoms with Crippen LogP contribution in [0.4, 0.5) is 23.2 Å². The van der Waals surface area contributed by atoms with E-state index in [1.165, 1.54) is 41.6 Å². The van der Waals surface area contributed by atoms with Crippen LogP contribution in [0.1, 0.15) is 11.1 Å². The Kier molecular flexibility index (Phi) is 4.70. The van der Waals surface area contributed by atoms with Crippen LogP contribution in [0.2, 0.25) is 0 Å². The van der Waals surface area contributed by atoms with Crippen LogP contribution in [0.3, 0.4) is 0 Å². The van der Waals surface area contributed by atoms with Gasteiger partial charge in [0.1, 0.15) is 18.3 Å². The number of carbonyl (C=O) groups excluding carboxylic acids is 1. The summed E-state index contributed by atoms with van der Waals surface area (Å²) in [4.78, 5) is 15.7. The van der Waals surface area contributed by atoms with Gasteiger partial charge in [0.2, 0.25) is 5.91 Å². The average molecular weight is 364 g/mol. The molecule has 0 spiro atoms. The maximum absolute atomic E-state index is 14.1. The normalized spacial score (nSPS) is 11.4. The van der Waals surface area contributed by atoms with Crippen LogP contribution in [0.25, 0.3) is 5.69 Å². The highest BCUT2D eigenvalue weighted by atomic mass is 19.4. The zero-order valence-corrected chi connectivity index (χ0v) is 13.2. The highest BCUT2D eigenvalue weighted by molar-refractivity contribution is 5.92. The second kappa shape index (κ2) is 6.95. The van der Waals surface area contributed by atoms with Crippen molar-refractivity contribution in [1.29, 1.82) is 0 Å². The highest BCUT2D eigenvalue weighted by Crippen LogP contribution is 2.29. The van der Waals surface area contributed by atoms with Gasteiger partial charge in [-0.1, -0.05) is 12.1 Å². The van der Waals surface area contributed by atoms with Crippen molar-refractivity contribution < 1.29 is 22.4 Å². The van der Waals surface area contributed by atoms with E-state index in [0.717, 1.165) is 18.2 Å². The van der Waals surface area contributed by atoms with Gasteiger partial charge in [-0.25, -0.2) is 14.1 Å². The number of alkyl halides is 3. The summed E-state index contributed by atoms with van der Waals surface area (Å²) in [5.74, 6) is -1.08. The lowest BCUT2D eigenvalue weighted by molar-refractivity contribution is -0.137. The second-order valence-corrected chi connectivity index (χ2v) is 5.43. The topological polar surface area (TPSA) is 59.8 Å². The molecule has 3 rings (SSSR count). The van der Waals surface area contributed by atoms with Gasteiger partial charge in [-0.05, 0) is 35.9 Å². The van der Waals surface area contributed by atoms with Crippen molar-refractivity contribution in [2.24, 2.45) is 0 Å². The van der Waals surface area contributed by atoms with Crippen LogP contribution in [-0.2, 0) is 17.4 Å². The number of carbonyl (C=O) groups is 1. The van der Waals surface area contributed by atoms with Gasteiger partial charge in [0.25, 0.3) is 0 Å². The monoisotopic (exact) mass is 364 g/mol.